The zero-order chi connectivity index (χ0) is 14.0. The molecule has 4 nitrogen and oxygen atoms in total. The molecule has 0 bridgehead atoms. The molecule has 0 saturated carbocycles. The Balaban J connectivity index is 1.50. The summed E-state index contributed by atoms with van der Waals surface area (Å²) in [4.78, 5) is 2.37. The van der Waals surface area contributed by atoms with Gasteiger partial charge < -0.3 is 10.2 Å². The van der Waals surface area contributed by atoms with E-state index >= 15 is 0 Å². The first-order valence-corrected chi connectivity index (χ1v) is 7.25. The molecule has 0 aliphatic carbocycles. The van der Waals surface area contributed by atoms with Crippen molar-refractivity contribution in [3.05, 3.63) is 54.4 Å². The van der Waals surface area contributed by atoms with E-state index in [0.717, 1.165) is 32.7 Å². The van der Waals surface area contributed by atoms with Crippen LogP contribution in [0.5, 0.6) is 0 Å². The number of benzene rings is 1. The number of rotatable bonds is 9. The lowest BCUT2D eigenvalue weighted by molar-refractivity contribution is 0.319. The highest BCUT2D eigenvalue weighted by Gasteiger charge is 1.99. The molecule has 0 saturated heterocycles. The van der Waals surface area contributed by atoms with E-state index in [9.17, 15) is 0 Å². The molecule has 108 valence electrons. The van der Waals surface area contributed by atoms with Gasteiger partial charge in [0.25, 0.3) is 0 Å². The van der Waals surface area contributed by atoms with Crippen LogP contribution in [0.2, 0.25) is 0 Å². The minimum atomic E-state index is 0.937. The maximum Gasteiger partial charge on any atom is 0.0533 e. The maximum atomic E-state index is 4.18. The predicted molar refractivity (Wildman–Crippen MR) is 82.5 cm³/mol. The molecule has 0 radical (unpaired) electrons. The van der Waals surface area contributed by atoms with Gasteiger partial charge in [0, 0.05) is 25.5 Å². The van der Waals surface area contributed by atoms with Gasteiger partial charge in [-0.2, -0.15) is 5.10 Å². The van der Waals surface area contributed by atoms with E-state index in [2.05, 4.69) is 52.7 Å². The van der Waals surface area contributed by atoms with Gasteiger partial charge in [-0.25, -0.2) is 0 Å². The third-order valence-electron chi connectivity index (χ3n) is 3.27. The average molecular weight is 272 g/mol. The van der Waals surface area contributed by atoms with Crippen molar-refractivity contribution in [3.8, 4) is 0 Å². The molecule has 0 aliphatic rings. The van der Waals surface area contributed by atoms with E-state index in [1.165, 1.54) is 12.0 Å². The normalized spacial score (nSPS) is 11.1. The molecule has 0 unspecified atom stereocenters. The zero-order valence-corrected chi connectivity index (χ0v) is 12.2. The topological polar surface area (TPSA) is 33.1 Å². The van der Waals surface area contributed by atoms with Crippen LogP contribution in [0.1, 0.15) is 12.0 Å². The number of nitrogens with zero attached hydrogens (tertiary/aromatic N) is 3. The van der Waals surface area contributed by atoms with Crippen LogP contribution in [0.25, 0.3) is 0 Å². The van der Waals surface area contributed by atoms with Crippen LogP contribution in [-0.2, 0) is 13.1 Å². The van der Waals surface area contributed by atoms with Gasteiger partial charge in [-0.15, -0.1) is 0 Å². The van der Waals surface area contributed by atoms with Crippen molar-refractivity contribution in [2.24, 2.45) is 0 Å². The molecular formula is C16H24N4. The highest BCUT2D eigenvalue weighted by atomic mass is 15.3. The first-order valence-electron chi connectivity index (χ1n) is 7.25. The molecule has 1 heterocycles. The van der Waals surface area contributed by atoms with Crippen molar-refractivity contribution in [2.75, 3.05) is 26.7 Å². The summed E-state index contributed by atoms with van der Waals surface area (Å²) in [6.07, 6.45) is 4.98. The van der Waals surface area contributed by atoms with Crippen molar-refractivity contribution in [2.45, 2.75) is 19.5 Å². The Kier molecular flexibility index (Phi) is 6.27. The van der Waals surface area contributed by atoms with Crippen LogP contribution < -0.4 is 5.32 Å². The van der Waals surface area contributed by atoms with Gasteiger partial charge in [0.05, 0.1) is 6.54 Å². The van der Waals surface area contributed by atoms with E-state index in [1.54, 1.807) is 0 Å². The van der Waals surface area contributed by atoms with Crippen molar-refractivity contribution in [1.29, 1.82) is 0 Å². The Morgan fingerprint density at radius 2 is 2.00 bits per heavy atom. The van der Waals surface area contributed by atoms with Crippen molar-refractivity contribution >= 4 is 0 Å². The zero-order valence-electron chi connectivity index (χ0n) is 12.2. The largest absolute Gasteiger partial charge is 0.315 e. The fourth-order valence-corrected chi connectivity index (χ4v) is 2.20. The summed E-state index contributed by atoms with van der Waals surface area (Å²) in [5, 5.41) is 7.63. The first kappa shape index (κ1) is 14.8. The molecule has 0 amide bonds. The van der Waals surface area contributed by atoms with E-state index in [1.807, 2.05) is 23.1 Å². The highest BCUT2D eigenvalue weighted by Crippen LogP contribution is 2.02. The van der Waals surface area contributed by atoms with Crippen LogP contribution in [0.3, 0.4) is 0 Å². The lowest BCUT2D eigenvalue weighted by atomic mass is 10.2. The molecule has 2 rings (SSSR count). The molecule has 1 aromatic heterocycles. The van der Waals surface area contributed by atoms with Crippen molar-refractivity contribution in [3.63, 3.8) is 0 Å². The Morgan fingerprint density at radius 1 is 1.15 bits per heavy atom. The quantitative estimate of drug-likeness (QED) is 0.709. The van der Waals surface area contributed by atoms with Crippen molar-refractivity contribution < 1.29 is 0 Å². The maximum absolute atomic E-state index is 4.18. The van der Waals surface area contributed by atoms with Gasteiger partial charge in [-0.05, 0) is 38.2 Å². The lowest BCUT2D eigenvalue weighted by Gasteiger charge is -2.16. The van der Waals surface area contributed by atoms with Crippen LogP contribution in [0.15, 0.2) is 48.8 Å². The first-order chi connectivity index (χ1) is 9.84. The SMILES string of the molecule is CN(CCCNCCn1cccn1)Cc1ccccc1. The number of hydrogen-bond acceptors (Lipinski definition) is 3. The average Bonchev–Trinajstić information content (AvgIpc) is 2.97. The van der Waals surface area contributed by atoms with Crippen LogP contribution >= 0.6 is 0 Å². The fourth-order valence-electron chi connectivity index (χ4n) is 2.20. The number of nitrogens with one attached hydrogen (secondary N) is 1. The third-order valence-corrected chi connectivity index (χ3v) is 3.27. The highest BCUT2D eigenvalue weighted by molar-refractivity contribution is 5.14. The van der Waals surface area contributed by atoms with Gasteiger partial charge in [-0.3, -0.25) is 4.68 Å². The standard InChI is InChI=1S/C16H24N4/c1-19(15-16-7-3-2-4-8-16)12-5-9-17-11-14-20-13-6-10-18-20/h2-4,6-8,10,13,17H,5,9,11-12,14-15H2,1H3. The van der Waals surface area contributed by atoms with Gasteiger partial charge in [0.15, 0.2) is 0 Å². The summed E-state index contributed by atoms with van der Waals surface area (Å²) in [5.74, 6) is 0. The molecule has 2 aromatic rings. The minimum absolute atomic E-state index is 0.937. The summed E-state index contributed by atoms with van der Waals surface area (Å²) in [6, 6.07) is 12.6. The lowest BCUT2D eigenvalue weighted by Crippen LogP contribution is -2.26. The number of hydrogen-bond donors (Lipinski definition) is 1. The second-order valence-corrected chi connectivity index (χ2v) is 5.10. The van der Waals surface area contributed by atoms with Crippen LogP contribution in [0.4, 0.5) is 0 Å². The molecule has 0 spiro atoms. The van der Waals surface area contributed by atoms with Gasteiger partial charge in [0.1, 0.15) is 0 Å². The second-order valence-electron chi connectivity index (χ2n) is 5.10. The van der Waals surface area contributed by atoms with E-state index < -0.39 is 0 Å². The van der Waals surface area contributed by atoms with E-state index in [4.69, 9.17) is 0 Å². The summed E-state index contributed by atoms with van der Waals surface area (Å²) >= 11 is 0. The molecule has 20 heavy (non-hydrogen) atoms. The van der Waals surface area contributed by atoms with Gasteiger partial charge >= 0.3 is 0 Å². The molecule has 0 atom stereocenters. The number of aromatic nitrogens is 2. The third kappa shape index (κ3) is 5.55. The Labute approximate surface area is 121 Å². The van der Waals surface area contributed by atoms with Crippen LogP contribution in [-0.4, -0.2) is 41.4 Å². The molecule has 1 N–H and O–H groups in total. The van der Waals surface area contributed by atoms with Gasteiger partial charge in [0.2, 0.25) is 0 Å². The Hall–Kier alpha value is -1.65. The van der Waals surface area contributed by atoms with Crippen molar-refractivity contribution in [1.82, 2.24) is 20.0 Å². The molecule has 0 aliphatic heterocycles. The summed E-state index contributed by atoms with van der Waals surface area (Å²) < 4.78 is 1.95. The van der Waals surface area contributed by atoms with E-state index in [0.29, 0.717) is 0 Å². The molecule has 0 fully saturated rings. The predicted octanol–water partition coefficient (Wildman–Crippen LogP) is 1.99. The van der Waals surface area contributed by atoms with Gasteiger partial charge in [-0.1, -0.05) is 30.3 Å². The monoisotopic (exact) mass is 272 g/mol. The molecule has 1 aromatic carbocycles. The van der Waals surface area contributed by atoms with Crippen LogP contribution in [0, 0.1) is 0 Å². The summed E-state index contributed by atoms with van der Waals surface area (Å²) in [6.45, 7) is 5.11. The Bertz CT molecular complexity index is 453. The smallest absolute Gasteiger partial charge is 0.0533 e. The minimum Gasteiger partial charge on any atom is -0.315 e. The Morgan fingerprint density at radius 3 is 2.75 bits per heavy atom. The summed E-state index contributed by atoms with van der Waals surface area (Å²) in [7, 11) is 2.18. The second kappa shape index (κ2) is 8.51. The summed E-state index contributed by atoms with van der Waals surface area (Å²) in [5.41, 5.74) is 1.38. The molecular weight excluding hydrogens is 248 g/mol. The fraction of sp³-hybridized carbons (Fsp3) is 0.438. The van der Waals surface area contributed by atoms with E-state index in [-0.39, 0.29) is 0 Å². The molecule has 4 heteroatoms.